The fourth-order valence-electron chi connectivity index (χ4n) is 3.36. The first-order chi connectivity index (χ1) is 10.7. The minimum Gasteiger partial charge on any atom is -0.448 e. The van der Waals surface area contributed by atoms with Gasteiger partial charge in [0.05, 0.1) is 5.02 Å². The minimum atomic E-state index is -0.575. The van der Waals surface area contributed by atoms with Crippen molar-refractivity contribution >= 4 is 11.6 Å². The molecule has 2 aliphatic rings. The third-order valence-electron chi connectivity index (χ3n) is 4.41. The first kappa shape index (κ1) is 13.9. The van der Waals surface area contributed by atoms with Gasteiger partial charge in [-0.25, -0.2) is 4.39 Å². The maximum absolute atomic E-state index is 14.3. The van der Waals surface area contributed by atoms with Gasteiger partial charge >= 0.3 is 0 Å². The molecule has 2 aromatic rings. The van der Waals surface area contributed by atoms with Crippen molar-refractivity contribution in [3.8, 4) is 22.6 Å². The van der Waals surface area contributed by atoms with E-state index in [2.05, 4.69) is 0 Å². The van der Waals surface area contributed by atoms with Gasteiger partial charge in [0.2, 0.25) is 0 Å². The smallest absolute Gasteiger partial charge is 0.251 e. The molecule has 1 saturated carbocycles. The highest BCUT2D eigenvalue weighted by molar-refractivity contribution is 6.33. The predicted octanol–water partition coefficient (Wildman–Crippen LogP) is 5.58. The molecule has 4 heteroatoms. The summed E-state index contributed by atoms with van der Waals surface area (Å²) < 4.78 is 26.5. The fraction of sp³-hybridized carbons (Fsp3) is 0.333. The van der Waals surface area contributed by atoms with E-state index in [0.717, 1.165) is 25.7 Å². The number of hydrogen-bond donors (Lipinski definition) is 0. The average Bonchev–Trinajstić information content (AvgIpc) is 2.86. The summed E-state index contributed by atoms with van der Waals surface area (Å²) in [6.07, 6.45) is 5.11. The Morgan fingerprint density at radius 3 is 2.50 bits per heavy atom. The quantitative estimate of drug-likeness (QED) is 0.683. The van der Waals surface area contributed by atoms with Crippen LogP contribution in [0, 0.1) is 5.82 Å². The molecule has 1 aliphatic heterocycles. The maximum atomic E-state index is 14.3. The number of halogens is 2. The molecule has 0 aromatic heterocycles. The van der Waals surface area contributed by atoms with Crippen LogP contribution in [0.15, 0.2) is 36.4 Å². The molecule has 2 nitrogen and oxygen atoms in total. The zero-order valence-electron chi connectivity index (χ0n) is 12.1. The third-order valence-corrected chi connectivity index (χ3v) is 4.73. The van der Waals surface area contributed by atoms with E-state index in [0.29, 0.717) is 27.6 Å². The van der Waals surface area contributed by atoms with Crippen molar-refractivity contribution < 1.29 is 13.9 Å². The molecule has 1 aliphatic carbocycles. The first-order valence-electron chi connectivity index (χ1n) is 7.64. The molecule has 1 fully saturated rings. The molecule has 0 radical (unpaired) electrons. The van der Waals surface area contributed by atoms with Crippen molar-refractivity contribution in [1.82, 2.24) is 0 Å². The lowest BCUT2D eigenvalue weighted by Gasteiger charge is -2.31. The Labute approximate surface area is 133 Å². The van der Waals surface area contributed by atoms with Crippen LogP contribution in [-0.2, 0) is 0 Å². The summed E-state index contributed by atoms with van der Waals surface area (Å²) in [5.74, 6) is 0.359. The molecule has 2 aromatic carbocycles. The molecule has 114 valence electrons. The average molecular weight is 319 g/mol. The first-order valence-corrected chi connectivity index (χ1v) is 8.02. The van der Waals surface area contributed by atoms with Gasteiger partial charge in [-0.15, -0.1) is 0 Å². The monoisotopic (exact) mass is 318 g/mol. The predicted molar refractivity (Wildman–Crippen MR) is 83.9 cm³/mol. The van der Waals surface area contributed by atoms with Crippen LogP contribution in [0.3, 0.4) is 0 Å². The molecule has 0 amide bonds. The molecule has 0 N–H and O–H groups in total. The lowest BCUT2D eigenvalue weighted by atomic mass is 9.94. The van der Waals surface area contributed by atoms with Gasteiger partial charge in [0.25, 0.3) is 5.79 Å². The van der Waals surface area contributed by atoms with Crippen molar-refractivity contribution in [3.63, 3.8) is 0 Å². The molecule has 1 spiro atoms. The Kier molecular flexibility index (Phi) is 3.26. The standard InChI is InChI=1S/C18H16ClFO2/c19-13-7-5-8-14(20)16(13)12-6-4-9-15-17(12)22-18(21-15)10-2-1-3-11-18/h4-9H,1-3,10-11H2. The Bertz CT molecular complexity index is 703. The van der Waals surface area contributed by atoms with Crippen LogP contribution < -0.4 is 9.47 Å². The number of rotatable bonds is 1. The Balaban J connectivity index is 1.81. The van der Waals surface area contributed by atoms with E-state index in [1.807, 2.05) is 18.2 Å². The van der Waals surface area contributed by atoms with Gasteiger partial charge in [-0.2, -0.15) is 0 Å². The highest BCUT2D eigenvalue weighted by Crippen LogP contribution is 2.51. The summed E-state index contributed by atoms with van der Waals surface area (Å²) in [5, 5.41) is 0.376. The molecular formula is C18H16ClFO2. The van der Waals surface area contributed by atoms with Crippen LogP contribution in [0.25, 0.3) is 11.1 Å². The molecule has 0 saturated heterocycles. The Morgan fingerprint density at radius 2 is 1.73 bits per heavy atom. The normalized spacial score (nSPS) is 18.6. The van der Waals surface area contributed by atoms with Gasteiger partial charge in [0.1, 0.15) is 5.82 Å². The lowest BCUT2D eigenvalue weighted by molar-refractivity contribution is -0.105. The highest BCUT2D eigenvalue weighted by atomic mass is 35.5. The SMILES string of the molecule is Fc1cccc(Cl)c1-c1cccc2c1OC1(CCCCC1)O2. The summed E-state index contributed by atoms with van der Waals surface area (Å²) >= 11 is 6.21. The van der Waals surface area contributed by atoms with Crippen molar-refractivity contribution in [2.75, 3.05) is 0 Å². The number of para-hydroxylation sites is 1. The van der Waals surface area contributed by atoms with Crippen molar-refractivity contribution in [3.05, 3.63) is 47.2 Å². The largest absolute Gasteiger partial charge is 0.448 e. The topological polar surface area (TPSA) is 18.5 Å². The molecule has 0 atom stereocenters. The fourth-order valence-corrected chi connectivity index (χ4v) is 3.62. The van der Waals surface area contributed by atoms with Gasteiger partial charge in [0.15, 0.2) is 11.5 Å². The lowest BCUT2D eigenvalue weighted by Crippen LogP contribution is -2.40. The van der Waals surface area contributed by atoms with Crippen molar-refractivity contribution in [1.29, 1.82) is 0 Å². The van der Waals surface area contributed by atoms with Crippen LogP contribution in [0.5, 0.6) is 11.5 Å². The van der Waals surface area contributed by atoms with Gasteiger partial charge in [-0.1, -0.05) is 36.2 Å². The van der Waals surface area contributed by atoms with E-state index < -0.39 is 5.79 Å². The molecule has 0 bridgehead atoms. The van der Waals surface area contributed by atoms with E-state index in [-0.39, 0.29) is 5.82 Å². The second-order valence-corrected chi connectivity index (χ2v) is 6.31. The minimum absolute atomic E-state index is 0.353. The zero-order valence-corrected chi connectivity index (χ0v) is 12.8. The van der Waals surface area contributed by atoms with Gasteiger partial charge < -0.3 is 9.47 Å². The number of ether oxygens (including phenoxy) is 2. The van der Waals surface area contributed by atoms with Crippen LogP contribution in [0.1, 0.15) is 32.1 Å². The summed E-state index contributed by atoms with van der Waals surface area (Å²) in [5.41, 5.74) is 1.03. The van der Waals surface area contributed by atoms with Gasteiger partial charge in [0, 0.05) is 24.0 Å². The summed E-state index contributed by atoms with van der Waals surface area (Å²) in [7, 11) is 0. The maximum Gasteiger partial charge on any atom is 0.251 e. The highest BCUT2D eigenvalue weighted by Gasteiger charge is 2.43. The van der Waals surface area contributed by atoms with Gasteiger partial charge in [-0.05, 0) is 31.0 Å². The van der Waals surface area contributed by atoms with E-state index in [1.54, 1.807) is 12.1 Å². The van der Waals surface area contributed by atoms with E-state index >= 15 is 0 Å². The molecule has 1 heterocycles. The summed E-state index contributed by atoms with van der Waals surface area (Å²) in [6.45, 7) is 0. The Hall–Kier alpha value is -1.74. The van der Waals surface area contributed by atoms with Crippen molar-refractivity contribution in [2.24, 2.45) is 0 Å². The van der Waals surface area contributed by atoms with Crippen LogP contribution >= 0.6 is 11.6 Å². The molecule has 4 rings (SSSR count). The van der Waals surface area contributed by atoms with Gasteiger partial charge in [-0.3, -0.25) is 0 Å². The third kappa shape index (κ3) is 2.15. The van der Waals surface area contributed by atoms with Crippen LogP contribution in [0.2, 0.25) is 5.02 Å². The van der Waals surface area contributed by atoms with E-state index in [9.17, 15) is 4.39 Å². The Morgan fingerprint density at radius 1 is 0.955 bits per heavy atom. The number of benzene rings is 2. The van der Waals surface area contributed by atoms with Crippen LogP contribution in [-0.4, -0.2) is 5.79 Å². The molecular weight excluding hydrogens is 303 g/mol. The molecule has 0 unspecified atom stereocenters. The zero-order chi connectivity index (χ0) is 15.2. The van der Waals surface area contributed by atoms with E-state index in [4.69, 9.17) is 21.1 Å². The number of fused-ring (bicyclic) bond motifs is 1. The van der Waals surface area contributed by atoms with Crippen molar-refractivity contribution in [2.45, 2.75) is 37.9 Å². The van der Waals surface area contributed by atoms with Crippen LogP contribution in [0.4, 0.5) is 4.39 Å². The second-order valence-electron chi connectivity index (χ2n) is 5.90. The summed E-state index contributed by atoms with van der Waals surface area (Å²) in [6, 6.07) is 10.2. The second kappa shape index (κ2) is 5.17. The number of hydrogen-bond acceptors (Lipinski definition) is 2. The van der Waals surface area contributed by atoms with E-state index in [1.165, 1.54) is 12.5 Å². The molecule has 22 heavy (non-hydrogen) atoms. The summed E-state index contributed by atoms with van der Waals surface area (Å²) in [4.78, 5) is 0.